The lowest BCUT2D eigenvalue weighted by molar-refractivity contribution is 0.0599. The number of hydrogen-bond acceptors (Lipinski definition) is 4. The minimum Gasteiger partial charge on any atom is -0.465 e. The molecule has 2 heterocycles. The summed E-state index contributed by atoms with van der Waals surface area (Å²) in [6, 6.07) is 1.71. The van der Waals surface area contributed by atoms with Crippen molar-refractivity contribution in [2.24, 2.45) is 4.99 Å². The Bertz CT molecular complexity index is 516. The Kier molecular flexibility index (Phi) is 5.25. The monoisotopic (exact) mass is 293 g/mol. The highest BCUT2D eigenvalue weighted by Crippen LogP contribution is 2.17. The highest BCUT2D eigenvalue weighted by atomic mass is 16.5. The van der Waals surface area contributed by atoms with E-state index < -0.39 is 0 Å². The largest absolute Gasteiger partial charge is 0.465 e. The first-order valence-electron chi connectivity index (χ1n) is 7.36. The van der Waals surface area contributed by atoms with Gasteiger partial charge in [-0.1, -0.05) is 0 Å². The lowest BCUT2D eigenvalue weighted by Crippen LogP contribution is -2.39. The molecule has 116 valence electrons. The van der Waals surface area contributed by atoms with Crippen molar-refractivity contribution in [1.29, 1.82) is 0 Å². The fourth-order valence-corrected chi connectivity index (χ4v) is 2.44. The van der Waals surface area contributed by atoms with Gasteiger partial charge in [-0.3, -0.25) is 0 Å². The second kappa shape index (κ2) is 7.15. The van der Waals surface area contributed by atoms with Crippen LogP contribution in [0.15, 0.2) is 15.5 Å². The Morgan fingerprint density at radius 2 is 2.19 bits per heavy atom. The Morgan fingerprint density at radius 3 is 2.81 bits per heavy atom. The van der Waals surface area contributed by atoms with Gasteiger partial charge < -0.3 is 19.4 Å². The second-order valence-corrected chi connectivity index (χ2v) is 5.04. The summed E-state index contributed by atoms with van der Waals surface area (Å²) >= 11 is 0. The SMILES string of the molecule is CCNC(=NCc1cc(C(=O)OC)c(C)o1)N1CCCC1. The van der Waals surface area contributed by atoms with Crippen molar-refractivity contribution < 1.29 is 13.9 Å². The maximum Gasteiger partial charge on any atom is 0.341 e. The van der Waals surface area contributed by atoms with Crippen LogP contribution in [-0.4, -0.2) is 43.6 Å². The van der Waals surface area contributed by atoms with Gasteiger partial charge in [0.15, 0.2) is 5.96 Å². The van der Waals surface area contributed by atoms with Crippen LogP contribution in [0.4, 0.5) is 0 Å². The van der Waals surface area contributed by atoms with E-state index in [0.29, 0.717) is 23.6 Å². The lowest BCUT2D eigenvalue weighted by Gasteiger charge is -2.20. The molecular weight excluding hydrogens is 270 g/mol. The molecule has 2 rings (SSSR count). The molecule has 0 bridgehead atoms. The van der Waals surface area contributed by atoms with Crippen molar-refractivity contribution in [2.45, 2.75) is 33.2 Å². The molecule has 0 amide bonds. The molecule has 1 aliphatic rings. The van der Waals surface area contributed by atoms with Gasteiger partial charge in [0.1, 0.15) is 23.6 Å². The number of rotatable bonds is 4. The fourth-order valence-electron chi connectivity index (χ4n) is 2.44. The van der Waals surface area contributed by atoms with E-state index in [9.17, 15) is 4.79 Å². The summed E-state index contributed by atoms with van der Waals surface area (Å²) < 4.78 is 10.3. The van der Waals surface area contributed by atoms with Gasteiger partial charge >= 0.3 is 5.97 Å². The maximum atomic E-state index is 11.6. The van der Waals surface area contributed by atoms with Gasteiger partial charge in [-0.05, 0) is 32.8 Å². The molecule has 1 saturated heterocycles. The Labute approximate surface area is 125 Å². The number of aliphatic imine (C=N–C) groups is 1. The molecule has 0 aromatic carbocycles. The van der Waals surface area contributed by atoms with Gasteiger partial charge in [-0.2, -0.15) is 0 Å². The number of guanidine groups is 1. The molecule has 0 spiro atoms. The number of aryl methyl sites for hydroxylation is 1. The van der Waals surface area contributed by atoms with Crippen LogP contribution in [0, 0.1) is 6.92 Å². The molecule has 6 heteroatoms. The molecule has 0 unspecified atom stereocenters. The molecule has 0 saturated carbocycles. The van der Waals surface area contributed by atoms with Crippen molar-refractivity contribution >= 4 is 11.9 Å². The molecule has 0 atom stereocenters. The summed E-state index contributed by atoms with van der Waals surface area (Å²) in [7, 11) is 1.36. The molecule has 21 heavy (non-hydrogen) atoms. The summed E-state index contributed by atoms with van der Waals surface area (Å²) in [5, 5.41) is 3.29. The number of esters is 1. The van der Waals surface area contributed by atoms with Crippen molar-refractivity contribution in [3.63, 3.8) is 0 Å². The van der Waals surface area contributed by atoms with E-state index in [0.717, 1.165) is 25.6 Å². The molecule has 1 N–H and O–H groups in total. The van der Waals surface area contributed by atoms with E-state index >= 15 is 0 Å². The van der Waals surface area contributed by atoms with E-state index in [2.05, 4.69) is 22.1 Å². The fraction of sp³-hybridized carbons (Fsp3) is 0.600. The molecule has 0 aliphatic carbocycles. The van der Waals surface area contributed by atoms with Crippen molar-refractivity contribution in [3.8, 4) is 0 Å². The van der Waals surface area contributed by atoms with Gasteiger partial charge in [0.25, 0.3) is 0 Å². The van der Waals surface area contributed by atoms with Crippen LogP contribution in [0.25, 0.3) is 0 Å². The van der Waals surface area contributed by atoms with E-state index in [4.69, 9.17) is 9.15 Å². The number of methoxy groups -OCH3 is 1. The summed E-state index contributed by atoms with van der Waals surface area (Å²) in [5.41, 5.74) is 0.467. The minimum absolute atomic E-state index is 0.377. The number of hydrogen-bond donors (Lipinski definition) is 1. The number of likely N-dealkylation sites (tertiary alicyclic amines) is 1. The number of nitrogens with zero attached hydrogens (tertiary/aromatic N) is 2. The molecule has 1 fully saturated rings. The van der Waals surface area contributed by atoms with Crippen LogP contribution in [0.5, 0.6) is 0 Å². The third-order valence-electron chi connectivity index (χ3n) is 3.50. The highest BCUT2D eigenvalue weighted by Gasteiger charge is 2.17. The first kappa shape index (κ1) is 15.4. The first-order valence-corrected chi connectivity index (χ1v) is 7.36. The Hall–Kier alpha value is -1.98. The van der Waals surface area contributed by atoms with E-state index in [1.54, 1.807) is 13.0 Å². The quantitative estimate of drug-likeness (QED) is 0.522. The number of ether oxygens (including phenoxy) is 1. The van der Waals surface area contributed by atoms with E-state index in [1.807, 2.05) is 0 Å². The maximum absolute atomic E-state index is 11.6. The lowest BCUT2D eigenvalue weighted by atomic mass is 10.2. The summed E-state index contributed by atoms with van der Waals surface area (Å²) in [4.78, 5) is 18.4. The van der Waals surface area contributed by atoms with Crippen LogP contribution in [0.2, 0.25) is 0 Å². The molecule has 1 aliphatic heterocycles. The average molecular weight is 293 g/mol. The van der Waals surface area contributed by atoms with Gasteiger partial charge in [-0.15, -0.1) is 0 Å². The first-order chi connectivity index (χ1) is 10.2. The van der Waals surface area contributed by atoms with Gasteiger partial charge in [-0.25, -0.2) is 9.79 Å². The predicted molar refractivity (Wildman–Crippen MR) is 80.4 cm³/mol. The smallest absolute Gasteiger partial charge is 0.341 e. The third-order valence-corrected chi connectivity index (χ3v) is 3.50. The van der Waals surface area contributed by atoms with Crippen LogP contribution in [-0.2, 0) is 11.3 Å². The Morgan fingerprint density at radius 1 is 1.48 bits per heavy atom. The molecular formula is C15H23N3O3. The topological polar surface area (TPSA) is 67.1 Å². The average Bonchev–Trinajstić information content (AvgIpc) is 3.12. The Balaban J connectivity index is 2.08. The zero-order valence-corrected chi connectivity index (χ0v) is 12.9. The molecule has 1 aromatic rings. The second-order valence-electron chi connectivity index (χ2n) is 5.04. The number of nitrogens with one attached hydrogen (secondary N) is 1. The summed E-state index contributed by atoms with van der Waals surface area (Å²) in [6.45, 7) is 7.13. The summed E-state index contributed by atoms with van der Waals surface area (Å²) in [5.74, 6) is 1.77. The van der Waals surface area contributed by atoms with E-state index in [1.165, 1.54) is 20.0 Å². The molecule has 1 aromatic heterocycles. The van der Waals surface area contributed by atoms with E-state index in [-0.39, 0.29) is 5.97 Å². The van der Waals surface area contributed by atoms with Gasteiger partial charge in [0.05, 0.1) is 7.11 Å². The van der Waals surface area contributed by atoms with Crippen LogP contribution in [0.3, 0.4) is 0 Å². The summed E-state index contributed by atoms with van der Waals surface area (Å²) in [6.07, 6.45) is 2.41. The number of furan rings is 1. The van der Waals surface area contributed by atoms with Crippen LogP contribution >= 0.6 is 0 Å². The third kappa shape index (κ3) is 3.77. The van der Waals surface area contributed by atoms with Gasteiger partial charge in [0.2, 0.25) is 0 Å². The zero-order chi connectivity index (χ0) is 15.2. The van der Waals surface area contributed by atoms with Crippen LogP contribution < -0.4 is 5.32 Å². The standard InChI is InChI=1S/C15H23N3O3/c1-4-16-15(18-7-5-6-8-18)17-10-12-9-13(11(2)21-12)14(19)20-3/h9H,4-8,10H2,1-3H3,(H,16,17). The number of carbonyl (C=O) groups excluding carboxylic acids is 1. The van der Waals surface area contributed by atoms with Crippen molar-refractivity contribution in [1.82, 2.24) is 10.2 Å². The highest BCUT2D eigenvalue weighted by molar-refractivity contribution is 5.90. The predicted octanol–water partition coefficient (Wildman–Crippen LogP) is 1.94. The minimum atomic E-state index is -0.377. The van der Waals surface area contributed by atoms with Gasteiger partial charge in [0, 0.05) is 19.6 Å². The van der Waals surface area contributed by atoms with Crippen molar-refractivity contribution in [3.05, 3.63) is 23.2 Å². The molecule has 6 nitrogen and oxygen atoms in total. The zero-order valence-electron chi connectivity index (χ0n) is 12.9. The normalized spacial score (nSPS) is 15.4. The number of carbonyl (C=O) groups is 1. The van der Waals surface area contributed by atoms with Crippen molar-refractivity contribution in [2.75, 3.05) is 26.7 Å². The molecule has 0 radical (unpaired) electrons. The van der Waals surface area contributed by atoms with Crippen LogP contribution in [0.1, 0.15) is 41.6 Å².